The molecule has 0 aliphatic heterocycles. The van der Waals surface area contributed by atoms with Crippen LogP contribution >= 0.6 is 0 Å². The standard InChI is InChI=1S/C6H16OSi.3C4H10O.Zr/c1-4-8(7,5-2)6-3;3*1-2-3-4-5;/h7H,4-6H2,1-3H3;3*5H,2-4H2,1H3;. The van der Waals surface area contributed by atoms with Gasteiger partial charge in [0.1, 0.15) is 0 Å². The van der Waals surface area contributed by atoms with E-state index in [2.05, 4.69) is 41.5 Å². The zero-order valence-electron chi connectivity index (χ0n) is 17.3. The second-order valence-electron chi connectivity index (χ2n) is 5.52. The van der Waals surface area contributed by atoms with Crippen molar-refractivity contribution in [1.29, 1.82) is 0 Å². The fourth-order valence-electron chi connectivity index (χ4n) is 1.22. The average molecular weight is 446 g/mol. The van der Waals surface area contributed by atoms with Crippen LogP contribution in [-0.4, -0.2) is 48.3 Å². The molecule has 4 nitrogen and oxygen atoms in total. The van der Waals surface area contributed by atoms with Crippen molar-refractivity contribution in [2.24, 2.45) is 0 Å². The van der Waals surface area contributed by atoms with E-state index in [0.29, 0.717) is 19.8 Å². The van der Waals surface area contributed by atoms with Crippen LogP contribution < -0.4 is 0 Å². The first kappa shape index (κ1) is 35.9. The largest absolute Gasteiger partial charge is 0.432 e. The van der Waals surface area contributed by atoms with Crippen molar-refractivity contribution >= 4 is 8.32 Å². The maximum atomic E-state index is 9.58. The van der Waals surface area contributed by atoms with Crippen LogP contribution in [0, 0.1) is 0 Å². The first-order valence-electron chi connectivity index (χ1n) is 9.48. The van der Waals surface area contributed by atoms with Gasteiger partial charge >= 0.3 is 0 Å². The van der Waals surface area contributed by atoms with Gasteiger partial charge in [0.15, 0.2) is 8.32 Å². The van der Waals surface area contributed by atoms with Gasteiger partial charge in [0.05, 0.1) is 0 Å². The molecule has 0 rings (SSSR count). The molecular weight excluding hydrogens is 400 g/mol. The van der Waals surface area contributed by atoms with Gasteiger partial charge in [-0.1, -0.05) is 60.8 Å². The van der Waals surface area contributed by atoms with E-state index in [1.807, 2.05) is 0 Å². The van der Waals surface area contributed by atoms with E-state index in [0.717, 1.165) is 56.7 Å². The van der Waals surface area contributed by atoms with Gasteiger partial charge in [-0.3, -0.25) is 0 Å². The van der Waals surface area contributed by atoms with Gasteiger partial charge in [-0.25, -0.2) is 0 Å². The number of unbranched alkanes of at least 4 members (excludes halogenated alkanes) is 3. The van der Waals surface area contributed by atoms with Crippen molar-refractivity contribution in [1.82, 2.24) is 0 Å². The van der Waals surface area contributed by atoms with Crippen LogP contribution in [0.1, 0.15) is 80.1 Å². The Kier molecular flexibility index (Phi) is 52.6. The quantitative estimate of drug-likeness (QED) is 0.398. The molecule has 0 aromatic rings. The van der Waals surface area contributed by atoms with Crippen LogP contribution in [0.4, 0.5) is 0 Å². The first-order chi connectivity index (χ1) is 10.9. The van der Waals surface area contributed by atoms with Crippen LogP contribution in [0.3, 0.4) is 0 Å². The van der Waals surface area contributed by atoms with E-state index in [9.17, 15) is 4.80 Å². The van der Waals surface area contributed by atoms with Crippen molar-refractivity contribution in [3.63, 3.8) is 0 Å². The second kappa shape index (κ2) is 35.1. The van der Waals surface area contributed by atoms with E-state index in [-0.39, 0.29) is 26.2 Å². The molecule has 0 unspecified atom stereocenters. The zero-order chi connectivity index (χ0) is 19.0. The summed E-state index contributed by atoms with van der Waals surface area (Å²) in [5.74, 6) is 0. The topological polar surface area (TPSA) is 80.9 Å². The van der Waals surface area contributed by atoms with E-state index in [1.165, 1.54) is 0 Å². The predicted octanol–water partition coefficient (Wildman–Crippen LogP) is 4.32. The SMILES string of the molecule is CCCCO.CCCCO.CCCCO.CC[Si](O)(CC)CC.[Zr]. The molecule has 0 radical (unpaired) electrons. The first-order valence-corrected chi connectivity index (χ1v) is 12.0. The number of rotatable bonds is 9. The summed E-state index contributed by atoms with van der Waals surface area (Å²) in [5.41, 5.74) is 0. The van der Waals surface area contributed by atoms with E-state index >= 15 is 0 Å². The molecular formula is C18H46O4SiZr. The summed E-state index contributed by atoms with van der Waals surface area (Å²) in [7, 11) is -1.67. The van der Waals surface area contributed by atoms with Crippen molar-refractivity contribution in [3.05, 3.63) is 0 Å². The van der Waals surface area contributed by atoms with Crippen molar-refractivity contribution < 1.29 is 46.3 Å². The number of hydrogen-bond acceptors (Lipinski definition) is 4. The van der Waals surface area contributed by atoms with Crippen LogP contribution in [0.15, 0.2) is 0 Å². The van der Waals surface area contributed by atoms with Gasteiger partial charge in [0.2, 0.25) is 0 Å². The van der Waals surface area contributed by atoms with Crippen LogP contribution in [0.2, 0.25) is 18.1 Å². The van der Waals surface area contributed by atoms with Crippen molar-refractivity contribution in [2.75, 3.05) is 19.8 Å². The number of aliphatic hydroxyl groups is 3. The summed E-state index contributed by atoms with van der Waals surface area (Å²) in [5, 5.41) is 24.2. The molecule has 0 saturated carbocycles. The molecule has 0 bridgehead atoms. The fraction of sp³-hybridized carbons (Fsp3) is 1.00. The Hall–Kier alpha value is 0.940. The molecule has 0 aliphatic rings. The van der Waals surface area contributed by atoms with Crippen LogP contribution in [-0.2, 0) is 26.2 Å². The minimum absolute atomic E-state index is 0. The smallest absolute Gasteiger partial charge is 0.187 e. The van der Waals surface area contributed by atoms with Crippen LogP contribution in [0.5, 0.6) is 0 Å². The normalized spacial score (nSPS) is 9.25. The number of aliphatic hydroxyl groups excluding tert-OH is 3. The molecule has 0 aliphatic carbocycles. The number of hydrogen-bond donors (Lipinski definition) is 4. The summed E-state index contributed by atoms with van der Waals surface area (Å²) in [6.45, 7) is 13.4. The molecule has 0 saturated heterocycles. The Balaban J connectivity index is -0.0000000677. The van der Waals surface area contributed by atoms with Crippen molar-refractivity contribution in [2.45, 2.75) is 98.2 Å². The molecule has 4 N–H and O–H groups in total. The molecule has 0 spiro atoms. The Labute approximate surface area is 172 Å². The molecule has 0 aromatic heterocycles. The monoisotopic (exact) mass is 444 g/mol. The minimum Gasteiger partial charge on any atom is -0.432 e. The maximum Gasteiger partial charge on any atom is 0.187 e. The zero-order valence-corrected chi connectivity index (χ0v) is 20.7. The molecule has 0 amide bonds. The van der Waals surface area contributed by atoms with Gasteiger partial charge in [-0.05, 0) is 37.4 Å². The Morgan fingerprint density at radius 3 is 0.750 bits per heavy atom. The van der Waals surface area contributed by atoms with Gasteiger partial charge in [-0.2, -0.15) is 0 Å². The molecule has 24 heavy (non-hydrogen) atoms. The van der Waals surface area contributed by atoms with Crippen LogP contribution in [0.25, 0.3) is 0 Å². The van der Waals surface area contributed by atoms with Gasteiger partial charge in [0, 0.05) is 46.0 Å². The van der Waals surface area contributed by atoms with E-state index < -0.39 is 8.32 Å². The van der Waals surface area contributed by atoms with E-state index in [1.54, 1.807) is 0 Å². The summed E-state index contributed by atoms with van der Waals surface area (Å²) in [6, 6.07) is 3.04. The van der Waals surface area contributed by atoms with Gasteiger partial charge in [0.25, 0.3) is 0 Å². The summed E-state index contributed by atoms with van der Waals surface area (Å²) in [4.78, 5) is 9.58. The molecule has 150 valence electrons. The third-order valence-electron chi connectivity index (χ3n) is 3.51. The molecule has 6 heteroatoms. The van der Waals surface area contributed by atoms with Gasteiger partial charge in [-0.15, -0.1) is 0 Å². The Bertz CT molecular complexity index is 143. The molecule has 0 atom stereocenters. The molecule has 0 fully saturated rings. The summed E-state index contributed by atoms with van der Waals surface area (Å²) < 4.78 is 0. The molecule has 0 heterocycles. The second-order valence-corrected chi connectivity index (χ2v) is 10.1. The maximum absolute atomic E-state index is 9.58. The molecule has 0 aromatic carbocycles. The van der Waals surface area contributed by atoms with Crippen molar-refractivity contribution in [3.8, 4) is 0 Å². The fourth-order valence-corrected chi connectivity index (χ4v) is 2.72. The third kappa shape index (κ3) is 43.5. The van der Waals surface area contributed by atoms with E-state index in [4.69, 9.17) is 15.3 Å². The summed E-state index contributed by atoms with van der Waals surface area (Å²) in [6.07, 6.45) is 6.11. The third-order valence-corrected chi connectivity index (χ3v) is 7.46. The predicted molar refractivity (Wildman–Crippen MR) is 105 cm³/mol. The average Bonchev–Trinajstić information content (AvgIpc) is 2.58. The van der Waals surface area contributed by atoms with Gasteiger partial charge < -0.3 is 20.1 Å². The Morgan fingerprint density at radius 1 is 0.542 bits per heavy atom. The Morgan fingerprint density at radius 2 is 0.750 bits per heavy atom. The minimum atomic E-state index is -1.67. The summed E-state index contributed by atoms with van der Waals surface area (Å²) >= 11 is 0.